The van der Waals surface area contributed by atoms with Gasteiger partial charge in [0.1, 0.15) is 5.15 Å². The van der Waals surface area contributed by atoms with Gasteiger partial charge in [0.25, 0.3) is 0 Å². The van der Waals surface area contributed by atoms with Crippen molar-refractivity contribution in [2.75, 3.05) is 0 Å². The first-order valence-electron chi connectivity index (χ1n) is 9.53. The molecule has 0 fully saturated rings. The molecule has 136 valence electrons. The summed E-state index contributed by atoms with van der Waals surface area (Å²) in [4.78, 5) is 8.88. The lowest BCUT2D eigenvalue weighted by molar-refractivity contribution is 1.36. The fourth-order valence-corrected chi connectivity index (χ4v) is 4.49. The van der Waals surface area contributed by atoms with E-state index in [2.05, 4.69) is 82.8 Å². The van der Waals surface area contributed by atoms with Crippen LogP contribution in [-0.4, -0.2) is 9.97 Å². The van der Waals surface area contributed by atoms with E-state index in [4.69, 9.17) is 11.6 Å². The summed E-state index contributed by atoms with van der Waals surface area (Å²) < 4.78 is 0. The summed E-state index contributed by atoms with van der Waals surface area (Å²) in [5.74, 6) is 0. The van der Waals surface area contributed by atoms with E-state index < -0.39 is 0 Å². The van der Waals surface area contributed by atoms with Gasteiger partial charge in [0.15, 0.2) is 0 Å². The second-order valence-electron chi connectivity index (χ2n) is 7.24. The Balaban J connectivity index is 1.62. The normalized spacial score (nSPS) is 11.6. The molecule has 0 bridgehead atoms. The highest BCUT2D eigenvalue weighted by atomic mass is 35.5. The Morgan fingerprint density at radius 2 is 1.24 bits per heavy atom. The van der Waals surface area contributed by atoms with E-state index in [0.29, 0.717) is 5.15 Å². The van der Waals surface area contributed by atoms with Crippen LogP contribution in [0.15, 0.2) is 91.3 Å². The molecule has 4 aromatic carbocycles. The molecule has 0 spiro atoms. The molecule has 0 N–H and O–H groups in total. The van der Waals surface area contributed by atoms with Crippen LogP contribution in [0.1, 0.15) is 0 Å². The topological polar surface area (TPSA) is 25.8 Å². The van der Waals surface area contributed by atoms with Gasteiger partial charge in [-0.2, -0.15) is 0 Å². The molecule has 29 heavy (non-hydrogen) atoms. The van der Waals surface area contributed by atoms with Crippen LogP contribution >= 0.6 is 11.6 Å². The third-order valence-corrected chi connectivity index (χ3v) is 5.96. The summed E-state index contributed by atoms with van der Waals surface area (Å²) in [6.45, 7) is 0. The van der Waals surface area contributed by atoms with Gasteiger partial charge in [-0.3, -0.25) is 4.98 Å². The maximum absolute atomic E-state index is 6.29. The van der Waals surface area contributed by atoms with Crippen molar-refractivity contribution < 1.29 is 0 Å². The maximum atomic E-state index is 6.29. The summed E-state index contributed by atoms with van der Waals surface area (Å²) in [5, 5.41) is 9.86. The largest absolute Gasteiger partial charge is 0.256 e. The van der Waals surface area contributed by atoms with E-state index in [1.807, 2.05) is 12.3 Å². The minimum Gasteiger partial charge on any atom is -0.256 e. The molecular weight excluding hydrogens is 376 g/mol. The number of hydrogen-bond acceptors (Lipinski definition) is 2. The Kier molecular flexibility index (Phi) is 3.56. The van der Waals surface area contributed by atoms with Gasteiger partial charge in [-0.1, -0.05) is 72.3 Å². The Bertz CT molecular complexity index is 1560. The van der Waals surface area contributed by atoms with E-state index in [0.717, 1.165) is 22.0 Å². The first-order valence-corrected chi connectivity index (χ1v) is 9.91. The molecule has 0 radical (unpaired) electrons. The Morgan fingerprint density at radius 3 is 2.21 bits per heavy atom. The van der Waals surface area contributed by atoms with Crippen LogP contribution in [0, 0.1) is 0 Å². The molecule has 0 aliphatic heterocycles. The molecule has 0 unspecified atom stereocenters. The van der Waals surface area contributed by atoms with E-state index in [9.17, 15) is 0 Å². The first-order chi connectivity index (χ1) is 14.3. The number of pyridine rings is 2. The zero-order chi connectivity index (χ0) is 19.4. The van der Waals surface area contributed by atoms with Crippen molar-refractivity contribution in [3.63, 3.8) is 0 Å². The highest BCUT2D eigenvalue weighted by Crippen LogP contribution is 2.35. The molecule has 3 heteroatoms. The van der Waals surface area contributed by atoms with Crippen LogP contribution in [0.25, 0.3) is 54.3 Å². The number of halogens is 1. The van der Waals surface area contributed by atoms with Crippen molar-refractivity contribution in [2.24, 2.45) is 0 Å². The monoisotopic (exact) mass is 390 g/mol. The zero-order valence-electron chi connectivity index (χ0n) is 15.4. The second-order valence-corrected chi connectivity index (χ2v) is 7.60. The Hall–Kier alpha value is -3.49. The van der Waals surface area contributed by atoms with Gasteiger partial charge in [0.2, 0.25) is 0 Å². The summed E-state index contributed by atoms with van der Waals surface area (Å²) in [6, 6.07) is 27.6. The quantitative estimate of drug-likeness (QED) is 0.216. The molecular formula is C26H15ClN2. The predicted molar refractivity (Wildman–Crippen MR) is 123 cm³/mol. The predicted octanol–water partition coefficient (Wildman–Crippen LogP) is 7.41. The lowest BCUT2D eigenvalue weighted by atomic mass is 9.95. The average molecular weight is 391 g/mol. The molecule has 2 nitrogen and oxygen atoms in total. The molecule has 2 aromatic heterocycles. The third-order valence-electron chi connectivity index (χ3n) is 5.66. The van der Waals surface area contributed by atoms with Crippen molar-refractivity contribution >= 4 is 54.7 Å². The van der Waals surface area contributed by atoms with E-state index in [-0.39, 0.29) is 0 Å². The number of benzene rings is 4. The fourth-order valence-electron chi connectivity index (χ4n) is 4.27. The SMILES string of the molecule is Clc1nccc2c1ccc1c3ccc(-c4nccc5ccccc45)cc3ccc21. The number of hydrogen-bond donors (Lipinski definition) is 0. The molecule has 0 amide bonds. The summed E-state index contributed by atoms with van der Waals surface area (Å²) >= 11 is 6.29. The van der Waals surface area contributed by atoms with Crippen molar-refractivity contribution in [1.82, 2.24) is 9.97 Å². The summed E-state index contributed by atoms with van der Waals surface area (Å²) in [6.07, 6.45) is 3.65. The number of nitrogens with zero attached hydrogens (tertiary/aromatic N) is 2. The van der Waals surface area contributed by atoms with Gasteiger partial charge in [-0.15, -0.1) is 0 Å². The molecule has 0 atom stereocenters. The molecule has 0 aliphatic rings. The number of aromatic nitrogens is 2. The molecule has 2 heterocycles. The molecule has 6 rings (SSSR count). The molecule has 0 saturated carbocycles. The first kappa shape index (κ1) is 16.5. The van der Waals surface area contributed by atoms with Crippen molar-refractivity contribution in [1.29, 1.82) is 0 Å². The highest BCUT2D eigenvalue weighted by Gasteiger charge is 2.10. The Labute approximate surface area is 172 Å². The molecule has 6 aromatic rings. The molecule has 0 saturated heterocycles. The van der Waals surface area contributed by atoms with Crippen molar-refractivity contribution in [3.8, 4) is 11.3 Å². The number of fused-ring (bicyclic) bond motifs is 6. The van der Waals surface area contributed by atoms with Gasteiger partial charge >= 0.3 is 0 Å². The van der Waals surface area contributed by atoms with Crippen LogP contribution in [-0.2, 0) is 0 Å². The van der Waals surface area contributed by atoms with Crippen LogP contribution < -0.4 is 0 Å². The van der Waals surface area contributed by atoms with E-state index >= 15 is 0 Å². The maximum Gasteiger partial charge on any atom is 0.136 e. The third kappa shape index (κ3) is 2.50. The van der Waals surface area contributed by atoms with Gasteiger partial charge in [0, 0.05) is 28.7 Å². The minimum atomic E-state index is 0.543. The Morgan fingerprint density at radius 1 is 0.517 bits per heavy atom. The van der Waals surface area contributed by atoms with Gasteiger partial charge in [0.05, 0.1) is 5.69 Å². The van der Waals surface area contributed by atoms with Gasteiger partial charge < -0.3 is 0 Å². The van der Waals surface area contributed by atoms with Gasteiger partial charge in [-0.05, 0) is 50.5 Å². The standard InChI is InChI=1S/C26H15ClN2/c27-26-24-10-9-21-19-7-6-18(25-20-4-2-1-3-16(20)11-13-28-25)15-17(19)5-8-22(21)23(24)12-14-29-26/h1-15H. The highest BCUT2D eigenvalue weighted by molar-refractivity contribution is 6.35. The van der Waals surface area contributed by atoms with Gasteiger partial charge in [-0.25, -0.2) is 4.98 Å². The van der Waals surface area contributed by atoms with Crippen molar-refractivity contribution in [2.45, 2.75) is 0 Å². The van der Waals surface area contributed by atoms with E-state index in [1.165, 1.54) is 32.3 Å². The van der Waals surface area contributed by atoms with Crippen molar-refractivity contribution in [3.05, 3.63) is 96.4 Å². The zero-order valence-corrected chi connectivity index (χ0v) is 16.2. The van der Waals surface area contributed by atoms with Crippen LogP contribution in [0.5, 0.6) is 0 Å². The lowest BCUT2D eigenvalue weighted by Crippen LogP contribution is -1.87. The molecule has 0 aliphatic carbocycles. The smallest absolute Gasteiger partial charge is 0.136 e. The number of rotatable bonds is 1. The lowest BCUT2D eigenvalue weighted by Gasteiger charge is -2.10. The van der Waals surface area contributed by atoms with Crippen LogP contribution in [0.3, 0.4) is 0 Å². The summed E-state index contributed by atoms with van der Waals surface area (Å²) in [7, 11) is 0. The minimum absolute atomic E-state index is 0.543. The fraction of sp³-hybridized carbons (Fsp3) is 0. The van der Waals surface area contributed by atoms with Crippen LogP contribution in [0.4, 0.5) is 0 Å². The second kappa shape index (κ2) is 6.26. The summed E-state index contributed by atoms with van der Waals surface area (Å²) in [5.41, 5.74) is 2.14. The average Bonchev–Trinajstić information content (AvgIpc) is 2.78. The van der Waals surface area contributed by atoms with E-state index in [1.54, 1.807) is 6.20 Å². The van der Waals surface area contributed by atoms with Crippen LogP contribution in [0.2, 0.25) is 5.15 Å².